The molecular formula is C27H28BrCl2N3O4S. The SMILES string of the molecule is CCNC(=O)[C@H](CC)N(Cc1ccc(Cl)cc1Cl)C(=O)CN(c1cccc(Br)c1)S(=O)(=O)c1ccccc1. The Morgan fingerprint density at radius 1 is 0.974 bits per heavy atom. The fraction of sp³-hybridized carbons (Fsp3) is 0.259. The van der Waals surface area contributed by atoms with Crippen LogP contribution in [0, 0.1) is 0 Å². The molecule has 1 atom stereocenters. The number of amides is 2. The zero-order chi connectivity index (χ0) is 27.9. The van der Waals surface area contributed by atoms with Crippen molar-refractivity contribution >= 4 is 66.7 Å². The van der Waals surface area contributed by atoms with Gasteiger partial charge in [0.25, 0.3) is 10.0 Å². The quantitative estimate of drug-likeness (QED) is 0.283. The van der Waals surface area contributed by atoms with Crippen LogP contribution in [0.3, 0.4) is 0 Å². The average molecular weight is 641 g/mol. The highest BCUT2D eigenvalue weighted by Gasteiger charge is 2.33. The first-order chi connectivity index (χ1) is 18.1. The lowest BCUT2D eigenvalue weighted by molar-refractivity contribution is -0.140. The first kappa shape index (κ1) is 30.0. The zero-order valence-corrected chi connectivity index (χ0v) is 24.8. The molecule has 7 nitrogen and oxygen atoms in total. The first-order valence-corrected chi connectivity index (χ1v) is 14.9. The van der Waals surface area contributed by atoms with Crippen molar-refractivity contribution in [1.82, 2.24) is 10.2 Å². The van der Waals surface area contributed by atoms with Gasteiger partial charge in [-0.15, -0.1) is 0 Å². The van der Waals surface area contributed by atoms with Crippen molar-refractivity contribution in [2.24, 2.45) is 0 Å². The van der Waals surface area contributed by atoms with Crippen LogP contribution in [0.25, 0.3) is 0 Å². The summed E-state index contributed by atoms with van der Waals surface area (Å²) < 4.78 is 29.2. The van der Waals surface area contributed by atoms with Crippen molar-refractivity contribution in [3.05, 3.63) is 92.9 Å². The molecule has 0 aromatic heterocycles. The number of anilines is 1. The van der Waals surface area contributed by atoms with Crippen LogP contribution in [0.15, 0.2) is 82.2 Å². The van der Waals surface area contributed by atoms with E-state index >= 15 is 0 Å². The molecule has 0 saturated heterocycles. The number of halogens is 3. The van der Waals surface area contributed by atoms with E-state index in [9.17, 15) is 18.0 Å². The maximum Gasteiger partial charge on any atom is 0.264 e. The highest BCUT2D eigenvalue weighted by atomic mass is 79.9. The predicted octanol–water partition coefficient (Wildman–Crippen LogP) is 5.89. The van der Waals surface area contributed by atoms with Gasteiger partial charge in [-0.25, -0.2) is 8.42 Å². The molecule has 0 unspecified atom stereocenters. The van der Waals surface area contributed by atoms with Crippen molar-refractivity contribution in [1.29, 1.82) is 0 Å². The van der Waals surface area contributed by atoms with E-state index < -0.39 is 28.5 Å². The van der Waals surface area contributed by atoms with E-state index in [0.717, 1.165) is 4.31 Å². The summed E-state index contributed by atoms with van der Waals surface area (Å²) in [6.07, 6.45) is 0.311. The Morgan fingerprint density at radius 3 is 2.29 bits per heavy atom. The lowest BCUT2D eigenvalue weighted by Gasteiger charge is -2.33. The number of carbonyl (C=O) groups excluding carboxylic acids is 2. The summed E-state index contributed by atoms with van der Waals surface area (Å²) in [6.45, 7) is 3.41. The highest BCUT2D eigenvalue weighted by Crippen LogP contribution is 2.28. The van der Waals surface area contributed by atoms with Gasteiger partial charge in [-0.1, -0.05) is 76.4 Å². The summed E-state index contributed by atoms with van der Waals surface area (Å²) >= 11 is 15.8. The van der Waals surface area contributed by atoms with Gasteiger partial charge in [0.2, 0.25) is 11.8 Å². The number of sulfonamides is 1. The Balaban J connectivity index is 2.07. The Labute approximate surface area is 241 Å². The summed E-state index contributed by atoms with van der Waals surface area (Å²) in [5.74, 6) is -0.901. The van der Waals surface area contributed by atoms with E-state index in [1.54, 1.807) is 74.5 Å². The van der Waals surface area contributed by atoms with E-state index in [0.29, 0.717) is 38.7 Å². The van der Waals surface area contributed by atoms with Gasteiger partial charge in [-0.2, -0.15) is 0 Å². The molecule has 1 N–H and O–H groups in total. The molecule has 38 heavy (non-hydrogen) atoms. The highest BCUT2D eigenvalue weighted by molar-refractivity contribution is 9.10. The lowest BCUT2D eigenvalue weighted by atomic mass is 10.1. The van der Waals surface area contributed by atoms with Gasteiger partial charge in [-0.3, -0.25) is 13.9 Å². The lowest BCUT2D eigenvalue weighted by Crippen LogP contribution is -2.52. The van der Waals surface area contributed by atoms with Crippen LogP contribution in [0.5, 0.6) is 0 Å². The second kappa shape index (κ2) is 13.5. The van der Waals surface area contributed by atoms with Crippen LogP contribution < -0.4 is 9.62 Å². The Morgan fingerprint density at radius 2 is 1.68 bits per heavy atom. The predicted molar refractivity (Wildman–Crippen MR) is 155 cm³/mol. The van der Waals surface area contributed by atoms with Gasteiger partial charge < -0.3 is 10.2 Å². The van der Waals surface area contributed by atoms with Gasteiger partial charge in [0.1, 0.15) is 12.6 Å². The number of likely N-dealkylation sites (N-methyl/N-ethyl adjacent to an activating group) is 1. The maximum atomic E-state index is 13.9. The number of nitrogens with zero attached hydrogens (tertiary/aromatic N) is 2. The fourth-order valence-electron chi connectivity index (χ4n) is 3.92. The third-order valence-electron chi connectivity index (χ3n) is 5.80. The molecule has 0 spiro atoms. The van der Waals surface area contributed by atoms with E-state index in [-0.39, 0.29) is 17.3 Å². The summed E-state index contributed by atoms with van der Waals surface area (Å²) in [4.78, 5) is 28.3. The average Bonchev–Trinajstić information content (AvgIpc) is 2.88. The normalized spacial score (nSPS) is 12.0. The Bertz CT molecular complexity index is 1390. The number of hydrogen-bond acceptors (Lipinski definition) is 4. The smallest absolute Gasteiger partial charge is 0.264 e. The number of nitrogens with one attached hydrogen (secondary N) is 1. The number of benzene rings is 3. The third-order valence-corrected chi connectivity index (χ3v) is 8.67. The molecule has 3 aromatic carbocycles. The molecule has 0 aliphatic carbocycles. The molecule has 0 aliphatic heterocycles. The number of hydrogen-bond donors (Lipinski definition) is 1. The maximum absolute atomic E-state index is 13.9. The fourth-order valence-corrected chi connectivity index (χ4v) is 6.21. The first-order valence-electron chi connectivity index (χ1n) is 11.9. The van der Waals surface area contributed by atoms with Crippen LogP contribution in [-0.2, 0) is 26.2 Å². The molecule has 11 heteroatoms. The van der Waals surface area contributed by atoms with Crippen molar-refractivity contribution in [3.8, 4) is 0 Å². The summed E-state index contributed by atoms with van der Waals surface area (Å²) in [5, 5.41) is 3.53. The molecule has 3 aromatic rings. The minimum Gasteiger partial charge on any atom is -0.355 e. The van der Waals surface area contributed by atoms with Gasteiger partial charge >= 0.3 is 0 Å². The van der Waals surface area contributed by atoms with Gasteiger partial charge in [0, 0.05) is 27.6 Å². The number of carbonyl (C=O) groups is 2. The largest absolute Gasteiger partial charge is 0.355 e. The molecule has 2 amide bonds. The molecule has 0 radical (unpaired) electrons. The monoisotopic (exact) mass is 639 g/mol. The van der Waals surface area contributed by atoms with Gasteiger partial charge in [-0.05, 0) is 61.4 Å². The van der Waals surface area contributed by atoms with Crippen molar-refractivity contribution in [2.45, 2.75) is 37.8 Å². The number of rotatable bonds is 11. The molecule has 0 saturated carbocycles. The summed E-state index contributed by atoms with van der Waals surface area (Å²) in [6, 6.07) is 18.6. The van der Waals surface area contributed by atoms with Crippen LogP contribution >= 0.6 is 39.1 Å². The zero-order valence-electron chi connectivity index (χ0n) is 20.9. The molecule has 3 rings (SSSR count). The van der Waals surface area contributed by atoms with Crippen LogP contribution in [0.1, 0.15) is 25.8 Å². The third kappa shape index (κ3) is 7.28. The molecule has 0 heterocycles. The van der Waals surface area contributed by atoms with E-state index in [4.69, 9.17) is 23.2 Å². The van der Waals surface area contributed by atoms with E-state index in [2.05, 4.69) is 21.2 Å². The van der Waals surface area contributed by atoms with Crippen LogP contribution in [-0.4, -0.2) is 44.3 Å². The van der Waals surface area contributed by atoms with E-state index in [1.165, 1.54) is 17.0 Å². The molecule has 0 aliphatic rings. The second-order valence-electron chi connectivity index (χ2n) is 8.38. The standard InChI is InChI=1S/C27H28BrCl2N3O4S/c1-3-25(27(35)31-4-2)32(17-19-13-14-21(29)16-24(19)30)26(34)18-33(22-10-8-9-20(28)15-22)38(36,37)23-11-6-5-7-12-23/h5-16,25H,3-4,17-18H2,1-2H3,(H,31,35)/t25-/m0/s1. The van der Waals surface area contributed by atoms with Crippen molar-refractivity contribution < 1.29 is 18.0 Å². The van der Waals surface area contributed by atoms with Gasteiger partial charge in [0.05, 0.1) is 10.6 Å². The van der Waals surface area contributed by atoms with Crippen LogP contribution in [0.2, 0.25) is 10.0 Å². The van der Waals surface area contributed by atoms with Crippen molar-refractivity contribution in [3.63, 3.8) is 0 Å². The Kier molecular flexibility index (Phi) is 10.6. The van der Waals surface area contributed by atoms with Crippen LogP contribution in [0.4, 0.5) is 5.69 Å². The summed E-state index contributed by atoms with van der Waals surface area (Å²) in [5.41, 5.74) is 0.874. The van der Waals surface area contributed by atoms with Crippen molar-refractivity contribution in [2.75, 3.05) is 17.4 Å². The summed E-state index contributed by atoms with van der Waals surface area (Å²) in [7, 11) is -4.13. The second-order valence-corrected chi connectivity index (χ2v) is 12.0. The molecule has 202 valence electrons. The minimum atomic E-state index is -4.13. The molecule has 0 fully saturated rings. The minimum absolute atomic E-state index is 0.0117. The topological polar surface area (TPSA) is 86.8 Å². The van der Waals surface area contributed by atoms with Gasteiger partial charge in [0.15, 0.2) is 0 Å². The molecule has 0 bridgehead atoms. The van der Waals surface area contributed by atoms with E-state index in [1.807, 2.05) is 0 Å². The molecular weight excluding hydrogens is 613 g/mol. The Hall–Kier alpha value is -2.59.